The summed E-state index contributed by atoms with van der Waals surface area (Å²) in [4.78, 5) is 33.0. The van der Waals surface area contributed by atoms with Crippen LogP contribution >= 0.6 is 11.3 Å². The number of rotatable bonds is 6. The molecule has 7 heteroatoms. The molecule has 0 spiro atoms. The quantitative estimate of drug-likeness (QED) is 0.191. The van der Waals surface area contributed by atoms with Crippen LogP contribution in [0.2, 0.25) is 0 Å². The largest absolute Gasteiger partial charge is 0.507 e. The van der Waals surface area contributed by atoms with Gasteiger partial charge in [0.05, 0.1) is 28.4 Å². The SMILES string of the molecule is CCCOc1cccc(/C(O)=C2\C(=O)C(=O)N(c3nc4c(C)cc(C)cc4s3)C2c2ccccc2)c1. The third-order valence-electron chi connectivity index (χ3n) is 6.16. The number of hydrogen-bond donors (Lipinski definition) is 1. The van der Waals surface area contributed by atoms with Gasteiger partial charge < -0.3 is 9.84 Å². The number of benzene rings is 3. The number of ketones is 1. The van der Waals surface area contributed by atoms with Gasteiger partial charge in [-0.15, -0.1) is 0 Å². The van der Waals surface area contributed by atoms with Gasteiger partial charge in [-0.1, -0.05) is 66.8 Å². The summed E-state index contributed by atoms with van der Waals surface area (Å²) < 4.78 is 6.65. The third kappa shape index (κ3) is 4.16. The van der Waals surface area contributed by atoms with E-state index < -0.39 is 17.7 Å². The van der Waals surface area contributed by atoms with Crippen molar-refractivity contribution in [3.8, 4) is 5.75 Å². The minimum absolute atomic E-state index is 0.0333. The molecule has 36 heavy (non-hydrogen) atoms. The van der Waals surface area contributed by atoms with E-state index in [4.69, 9.17) is 9.72 Å². The van der Waals surface area contributed by atoms with E-state index in [9.17, 15) is 14.7 Å². The van der Waals surface area contributed by atoms with E-state index in [0.29, 0.717) is 28.6 Å². The van der Waals surface area contributed by atoms with E-state index in [0.717, 1.165) is 27.8 Å². The molecule has 1 unspecified atom stereocenters. The maximum absolute atomic E-state index is 13.4. The molecular weight excluding hydrogens is 472 g/mol. The highest BCUT2D eigenvalue weighted by Crippen LogP contribution is 2.44. The molecule has 0 saturated carbocycles. The van der Waals surface area contributed by atoms with Crippen molar-refractivity contribution in [1.82, 2.24) is 4.98 Å². The Balaban J connectivity index is 1.68. The fourth-order valence-electron chi connectivity index (χ4n) is 4.55. The zero-order valence-corrected chi connectivity index (χ0v) is 21.1. The van der Waals surface area contributed by atoms with Crippen molar-refractivity contribution in [3.63, 3.8) is 0 Å². The molecular formula is C29H26N2O4S. The highest BCUT2D eigenvalue weighted by atomic mass is 32.1. The fraction of sp³-hybridized carbons (Fsp3) is 0.207. The number of anilines is 1. The molecule has 5 rings (SSSR count). The molecule has 0 bridgehead atoms. The summed E-state index contributed by atoms with van der Waals surface area (Å²) >= 11 is 1.37. The van der Waals surface area contributed by atoms with Gasteiger partial charge in [0, 0.05) is 5.56 Å². The Morgan fingerprint density at radius 3 is 2.58 bits per heavy atom. The van der Waals surface area contributed by atoms with Gasteiger partial charge in [-0.2, -0.15) is 0 Å². The molecule has 1 fully saturated rings. The molecule has 2 heterocycles. The van der Waals surface area contributed by atoms with Gasteiger partial charge in [-0.3, -0.25) is 14.5 Å². The number of carbonyl (C=O) groups excluding carboxylic acids is 2. The first-order chi connectivity index (χ1) is 17.4. The molecule has 1 saturated heterocycles. The van der Waals surface area contributed by atoms with Crippen LogP contribution in [0.1, 0.15) is 41.6 Å². The highest BCUT2D eigenvalue weighted by Gasteiger charge is 2.48. The van der Waals surface area contributed by atoms with E-state index in [-0.39, 0.29) is 11.3 Å². The molecule has 1 aromatic heterocycles. The van der Waals surface area contributed by atoms with E-state index in [2.05, 4.69) is 0 Å². The van der Waals surface area contributed by atoms with Gasteiger partial charge in [0.2, 0.25) is 0 Å². The van der Waals surface area contributed by atoms with Crippen molar-refractivity contribution >= 4 is 44.1 Å². The van der Waals surface area contributed by atoms with Gasteiger partial charge in [0.15, 0.2) is 5.13 Å². The molecule has 6 nitrogen and oxygen atoms in total. The molecule has 3 aromatic carbocycles. The Labute approximate surface area is 213 Å². The van der Waals surface area contributed by atoms with Crippen molar-refractivity contribution in [2.45, 2.75) is 33.2 Å². The van der Waals surface area contributed by atoms with Gasteiger partial charge in [0.25, 0.3) is 5.78 Å². The molecule has 0 radical (unpaired) electrons. The normalized spacial score (nSPS) is 17.2. The second kappa shape index (κ2) is 9.59. The summed E-state index contributed by atoms with van der Waals surface area (Å²) in [6, 6.07) is 19.5. The lowest BCUT2D eigenvalue weighted by Gasteiger charge is -2.23. The lowest BCUT2D eigenvalue weighted by molar-refractivity contribution is -0.132. The lowest BCUT2D eigenvalue weighted by Crippen LogP contribution is -2.29. The number of carbonyl (C=O) groups is 2. The second-order valence-electron chi connectivity index (χ2n) is 8.88. The first-order valence-corrected chi connectivity index (χ1v) is 12.7. The number of ether oxygens (including phenoxy) is 1. The van der Waals surface area contributed by atoms with Crippen molar-refractivity contribution in [2.75, 3.05) is 11.5 Å². The first-order valence-electron chi connectivity index (χ1n) is 11.9. The van der Waals surface area contributed by atoms with Crippen molar-refractivity contribution < 1.29 is 19.4 Å². The Kier molecular flexibility index (Phi) is 6.33. The van der Waals surface area contributed by atoms with Crippen LogP contribution in [0.25, 0.3) is 16.0 Å². The third-order valence-corrected chi connectivity index (χ3v) is 7.17. The van der Waals surface area contributed by atoms with Crippen LogP contribution in [0.3, 0.4) is 0 Å². The maximum Gasteiger partial charge on any atom is 0.301 e. The highest BCUT2D eigenvalue weighted by molar-refractivity contribution is 7.22. The zero-order valence-electron chi connectivity index (χ0n) is 20.3. The van der Waals surface area contributed by atoms with Crippen molar-refractivity contribution in [1.29, 1.82) is 0 Å². The Bertz CT molecular complexity index is 1510. The number of fused-ring (bicyclic) bond motifs is 1. The predicted octanol–water partition coefficient (Wildman–Crippen LogP) is 6.33. The molecule has 1 aliphatic heterocycles. The first kappa shape index (κ1) is 23.8. The average molecular weight is 499 g/mol. The lowest BCUT2D eigenvalue weighted by atomic mass is 9.95. The van der Waals surface area contributed by atoms with Crippen LogP contribution < -0.4 is 9.64 Å². The summed E-state index contributed by atoms with van der Waals surface area (Å²) in [6.07, 6.45) is 0.844. The summed E-state index contributed by atoms with van der Waals surface area (Å²) in [5.74, 6) is -1.10. The van der Waals surface area contributed by atoms with Gasteiger partial charge in [0.1, 0.15) is 11.5 Å². The van der Waals surface area contributed by atoms with Crippen LogP contribution in [-0.2, 0) is 9.59 Å². The number of Topliss-reactive ketones (excluding diaryl/α,β-unsaturated/α-hetero) is 1. The number of amides is 1. The number of aryl methyl sites for hydroxylation is 2. The number of aliphatic hydroxyl groups is 1. The average Bonchev–Trinajstić information content (AvgIpc) is 3.41. The van der Waals surface area contributed by atoms with Crippen LogP contribution in [0.4, 0.5) is 5.13 Å². The van der Waals surface area contributed by atoms with Crippen LogP contribution in [0, 0.1) is 13.8 Å². The number of aliphatic hydroxyl groups excluding tert-OH is 1. The second-order valence-corrected chi connectivity index (χ2v) is 9.89. The van der Waals surface area contributed by atoms with Crippen molar-refractivity contribution in [3.05, 3.63) is 94.6 Å². The summed E-state index contributed by atoms with van der Waals surface area (Å²) in [7, 11) is 0. The van der Waals surface area contributed by atoms with Crippen molar-refractivity contribution in [2.24, 2.45) is 0 Å². The van der Waals surface area contributed by atoms with Crippen LogP contribution in [-0.4, -0.2) is 28.4 Å². The minimum atomic E-state index is -0.812. The van der Waals surface area contributed by atoms with E-state index in [1.807, 2.05) is 63.2 Å². The van der Waals surface area contributed by atoms with Gasteiger partial charge in [-0.05, 0) is 55.2 Å². The minimum Gasteiger partial charge on any atom is -0.507 e. The summed E-state index contributed by atoms with van der Waals surface area (Å²) in [5.41, 5.74) is 4.06. The molecule has 182 valence electrons. The zero-order chi connectivity index (χ0) is 25.4. The maximum atomic E-state index is 13.4. The molecule has 1 N–H and O–H groups in total. The van der Waals surface area contributed by atoms with E-state index in [1.165, 1.54) is 16.2 Å². The monoisotopic (exact) mass is 498 g/mol. The topological polar surface area (TPSA) is 79.7 Å². The van der Waals surface area contributed by atoms with Crippen LogP contribution in [0.5, 0.6) is 5.75 Å². The number of thiazole rings is 1. The number of nitrogens with zero attached hydrogens (tertiary/aromatic N) is 2. The Morgan fingerprint density at radius 2 is 1.83 bits per heavy atom. The van der Waals surface area contributed by atoms with E-state index in [1.54, 1.807) is 24.3 Å². The smallest absolute Gasteiger partial charge is 0.301 e. The van der Waals surface area contributed by atoms with Crippen LogP contribution in [0.15, 0.2) is 72.3 Å². The molecule has 0 aliphatic carbocycles. The fourth-order valence-corrected chi connectivity index (χ4v) is 5.72. The number of aromatic nitrogens is 1. The Morgan fingerprint density at radius 1 is 1.06 bits per heavy atom. The summed E-state index contributed by atoms with van der Waals surface area (Å²) in [6.45, 7) is 6.54. The molecule has 1 atom stereocenters. The standard InChI is InChI=1S/C29H26N2O4S/c1-4-13-35-21-12-8-11-20(16-21)26(32)23-25(19-9-6-5-7-10-19)31(28(34)27(23)33)29-30-24-18(3)14-17(2)15-22(24)36-29/h5-12,14-16,25,32H,4,13H2,1-3H3/b26-23+. The number of hydrogen-bond acceptors (Lipinski definition) is 6. The Hall–Kier alpha value is -3.97. The van der Waals surface area contributed by atoms with Gasteiger partial charge in [-0.25, -0.2) is 4.98 Å². The molecule has 1 aliphatic rings. The predicted molar refractivity (Wildman–Crippen MR) is 143 cm³/mol. The molecule has 1 amide bonds. The van der Waals surface area contributed by atoms with E-state index >= 15 is 0 Å². The molecule has 4 aromatic rings. The van der Waals surface area contributed by atoms with Gasteiger partial charge >= 0.3 is 5.91 Å². The summed E-state index contributed by atoms with van der Waals surface area (Å²) in [5, 5.41) is 11.8.